The highest BCUT2D eigenvalue weighted by Crippen LogP contribution is 2.34. The summed E-state index contributed by atoms with van der Waals surface area (Å²) in [5.41, 5.74) is 0.788. The van der Waals surface area contributed by atoms with Gasteiger partial charge in [0.25, 0.3) is 5.91 Å². The number of hydrogen-bond donors (Lipinski definition) is 1. The molecule has 0 saturated carbocycles. The molecule has 2 aliphatic rings. The molecular formula is C20H24N2O4S2. The van der Waals surface area contributed by atoms with Gasteiger partial charge in [-0.2, -0.15) is 0 Å². The fraction of sp³-hybridized carbons (Fsp3) is 0.450. The molecule has 28 heavy (non-hydrogen) atoms. The maximum atomic E-state index is 12.8. The number of likely N-dealkylation sites (tertiary alicyclic amines) is 1. The molecule has 2 amide bonds. The first-order valence-electron chi connectivity index (χ1n) is 9.34. The van der Waals surface area contributed by atoms with E-state index in [1.807, 2.05) is 24.3 Å². The average molecular weight is 421 g/mol. The van der Waals surface area contributed by atoms with Crippen LogP contribution >= 0.6 is 24.0 Å². The first kappa shape index (κ1) is 20.8. The Labute approximate surface area is 174 Å². The zero-order valence-corrected chi connectivity index (χ0v) is 17.4. The molecule has 0 radical (unpaired) electrons. The molecule has 1 N–H and O–H groups in total. The van der Waals surface area contributed by atoms with Crippen LogP contribution in [0.3, 0.4) is 0 Å². The van der Waals surface area contributed by atoms with Crippen molar-refractivity contribution in [3.8, 4) is 5.75 Å². The number of ether oxygens (including phenoxy) is 1. The zero-order chi connectivity index (χ0) is 20.1. The summed E-state index contributed by atoms with van der Waals surface area (Å²) in [6, 6.07) is 7.46. The van der Waals surface area contributed by atoms with E-state index in [-0.39, 0.29) is 31.0 Å². The third-order valence-corrected chi connectivity index (χ3v) is 6.38. The van der Waals surface area contributed by atoms with Crippen LogP contribution in [0.25, 0.3) is 6.08 Å². The molecule has 0 spiro atoms. The molecule has 1 unspecified atom stereocenters. The maximum absolute atomic E-state index is 12.8. The molecule has 6 nitrogen and oxygen atoms in total. The van der Waals surface area contributed by atoms with Crippen molar-refractivity contribution in [2.24, 2.45) is 0 Å². The van der Waals surface area contributed by atoms with Gasteiger partial charge in [0.2, 0.25) is 5.91 Å². The number of aliphatic hydroxyl groups excluding tert-OH is 1. The number of thiocarbonyl (C=S) groups is 1. The number of aliphatic hydroxyl groups is 1. The van der Waals surface area contributed by atoms with Crippen LogP contribution in [0.1, 0.15) is 31.2 Å². The molecule has 1 atom stereocenters. The Morgan fingerprint density at radius 1 is 1.39 bits per heavy atom. The first-order valence-corrected chi connectivity index (χ1v) is 10.6. The second-order valence-electron chi connectivity index (χ2n) is 6.76. The fourth-order valence-electron chi connectivity index (χ4n) is 3.57. The standard InChI is InChI=1S/C20H24N2O4S2/c1-26-16-8-3-2-6-14(16)12-17-19(25)22(20(27)28-17)13-18(24)21-10-5-4-7-15(21)9-11-23/h2-3,6,8,12,15,23H,4-5,7,9-11,13H2,1H3/b17-12-. The van der Waals surface area contributed by atoms with E-state index >= 15 is 0 Å². The lowest BCUT2D eigenvalue weighted by Gasteiger charge is -2.36. The minimum atomic E-state index is -0.259. The van der Waals surface area contributed by atoms with Gasteiger partial charge < -0.3 is 14.7 Å². The summed E-state index contributed by atoms with van der Waals surface area (Å²) in [4.78, 5) is 29.3. The molecule has 0 aliphatic carbocycles. The summed E-state index contributed by atoms with van der Waals surface area (Å²) in [6.07, 6.45) is 5.20. The van der Waals surface area contributed by atoms with E-state index in [9.17, 15) is 14.7 Å². The number of hydrogen-bond acceptors (Lipinski definition) is 6. The minimum Gasteiger partial charge on any atom is -0.496 e. The summed E-state index contributed by atoms with van der Waals surface area (Å²) in [5, 5.41) is 9.26. The normalized spacial score (nSPS) is 21.5. The lowest BCUT2D eigenvalue weighted by atomic mass is 9.99. The molecule has 2 fully saturated rings. The van der Waals surface area contributed by atoms with Crippen LogP contribution in [0.4, 0.5) is 0 Å². The maximum Gasteiger partial charge on any atom is 0.266 e. The topological polar surface area (TPSA) is 70.1 Å². The predicted octanol–water partition coefficient (Wildman–Crippen LogP) is 2.66. The van der Waals surface area contributed by atoms with Gasteiger partial charge in [-0.05, 0) is 37.8 Å². The van der Waals surface area contributed by atoms with Crippen LogP contribution in [0.2, 0.25) is 0 Å². The number of methoxy groups -OCH3 is 1. The molecule has 0 bridgehead atoms. The highest BCUT2D eigenvalue weighted by atomic mass is 32.2. The number of para-hydroxylation sites is 1. The highest BCUT2D eigenvalue weighted by molar-refractivity contribution is 8.26. The van der Waals surface area contributed by atoms with Crippen LogP contribution in [-0.2, 0) is 9.59 Å². The summed E-state index contributed by atoms with van der Waals surface area (Å²) in [7, 11) is 1.58. The Hall–Kier alpha value is -1.90. The number of thioether (sulfide) groups is 1. The van der Waals surface area contributed by atoms with Gasteiger partial charge in [-0.15, -0.1) is 0 Å². The van der Waals surface area contributed by atoms with Gasteiger partial charge in [0.1, 0.15) is 16.6 Å². The van der Waals surface area contributed by atoms with E-state index in [1.54, 1.807) is 18.1 Å². The number of carbonyl (C=O) groups is 2. The van der Waals surface area contributed by atoms with E-state index in [1.165, 1.54) is 16.7 Å². The molecular weight excluding hydrogens is 396 g/mol. The van der Waals surface area contributed by atoms with E-state index in [4.69, 9.17) is 17.0 Å². The summed E-state index contributed by atoms with van der Waals surface area (Å²) >= 11 is 6.56. The summed E-state index contributed by atoms with van der Waals surface area (Å²) in [5.74, 6) is 0.293. The molecule has 2 saturated heterocycles. The lowest BCUT2D eigenvalue weighted by molar-refractivity contribution is -0.138. The van der Waals surface area contributed by atoms with Crippen molar-refractivity contribution < 1.29 is 19.4 Å². The first-order chi connectivity index (χ1) is 13.5. The van der Waals surface area contributed by atoms with Crippen molar-refractivity contribution in [1.29, 1.82) is 0 Å². The van der Waals surface area contributed by atoms with Gasteiger partial charge in [-0.25, -0.2) is 0 Å². The van der Waals surface area contributed by atoms with E-state index in [0.29, 0.717) is 27.9 Å². The van der Waals surface area contributed by atoms with E-state index in [2.05, 4.69) is 0 Å². The molecule has 2 aliphatic heterocycles. The quantitative estimate of drug-likeness (QED) is 0.564. The summed E-state index contributed by atoms with van der Waals surface area (Å²) in [6.45, 7) is 0.655. The second kappa shape index (κ2) is 9.54. The van der Waals surface area contributed by atoms with Crippen molar-refractivity contribution in [2.45, 2.75) is 31.7 Å². The predicted molar refractivity (Wildman–Crippen MR) is 114 cm³/mol. The Balaban J connectivity index is 1.73. The van der Waals surface area contributed by atoms with Crippen molar-refractivity contribution >= 4 is 46.2 Å². The number of benzene rings is 1. The van der Waals surface area contributed by atoms with E-state index in [0.717, 1.165) is 24.8 Å². The zero-order valence-electron chi connectivity index (χ0n) is 15.8. The number of nitrogens with zero attached hydrogens (tertiary/aromatic N) is 2. The molecule has 3 rings (SSSR count). The Morgan fingerprint density at radius 3 is 2.93 bits per heavy atom. The monoisotopic (exact) mass is 420 g/mol. The van der Waals surface area contributed by atoms with Crippen molar-refractivity contribution in [1.82, 2.24) is 9.80 Å². The van der Waals surface area contributed by atoms with Crippen molar-refractivity contribution in [3.63, 3.8) is 0 Å². The van der Waals surface area contributed by atoms with Crippen LogP contribution in [0.15, 0.2) is 29.2 Å². The fourth-order valence-corrected chi connectivity index (χ4v) is 4.81. The second-order valence-corrected chi connectivity index (χ2v) is 8.43. The number of rotatable bonds is 6. The molecule has 0 aromatic heterocycles. The van der Waals surface area contributed by atoms with Gasteiger partial charge in [0, 0.05) is 24.8 Å². The van der Waals surface area contributed by atoms with Gasteiger partial charge >= 0.3 is 0 Å². The van der Waals surface area contributed by atoms with Crippen molar-refractivity contribution in [2.75, 3.05) is 26.8 Å². The molecule has 2 heterocycles. The Bertz CT molecular complexity index is 794. The molecule has 1 aromatic rings. The molecule has 8 heteroatoms. The third kappa shape index (κ3) is 4.56. The SMILES string of the molecule is COc1ccccc1/C=C1\SC(=S)N(CC(=O)N2CCCCC2CCO)C1=O. The van der Waals surface area contributed by atoms with Gasteiger partial charge in [0.05, 0.1) is 12.0 Å². The van der Waals surface area contributed by atoms with Crippen molar-refractivity contribution in [3.05, 3.63) is 34.7 Å². The van der Waals surface area contributed by atoms with Crippen LogP contribution in [0.5, 0.6) is 5.75 Å². The van der Waals surface area contributed by atoms with Crippen LogP contribution < -0.4 is 4.74 Å². The number of amides is 2. The number of piperidine rings is 1. The summed E-state index contributed by atoms with van der Waals surface area (Å²) < 4.78 is 5.71. The molecule has 1 aromatic carbocycles. The largest absolute Gasteiger partial charge is 0.496 e. The lowest BCUT2D eigenvalue weighted by Crippen LogP contribution is -2.49. The smallest absolute Gasteiger partial charge is 0.266 e. The average Bonchev–Trinajstić information content (AvgIpc) is 2.96. The van der Waals surface area contributed by atoms with Crippen LogP contribution in [0, 0.1) is 0 Å². The van der Waals surface area contributed by atoms with E-state index < -0.39 is 0 Å². The number of carbonyl (C=O) groups excluding carboxylic acids is 2. The Kier molecular flexibility index (Phi) is 7.09. The molecule has 150 valence electrons. The van der Waals surface area contributed by atoms with Gasteiger partial charge in [0.15, 0.2) is 0 Å². The van der Waals surface area contributed by atoms with Gasteiger partial charge in [-0.3, -0.25) is 14.5 Å². The Morgan fingerprint density at radius 2 is 2.18 bits per heavy atom. The minimum absolute atomic E-state index is 0.0359. The third-order valence-electron chi connectivity index (χ3n) is 5.00. The van der Waals surface area contributed by atoms with Crippen LogP contribution in [-0.4, -0.2) is 63.9 Å². The van der Waals surface area contributed by atoms with Gasteiger partial charge in [-0.1, -0.05) is 42.2 Å². The highest BCUT2D eigenvalue weighted by Gasteiger charge is 2.36.